The minimum atomic E-state index is -1.06. The highest BCUT2D eigenvalue weighted by Crippen LogP contribution is 2.14. The molecule has 0 heterocycles. The van der Waals surface area contributed by atoms with Gasteiger partial charge in [0.25, 0.3) is 0 Å². The van der Waals surface area contributed by atoms with E-state index in [1.54, 1.807) is 0 Å². The fraction of sp³-hybridized carbons (Fsp3) is 0.350. The first-order valence-electron chi connectivity index (χ1n) is 8.65. The van der Waals surface area contributed by atoms with E-state index in [9.17, 15) is 9.00 Å². The van der Waals surface area contributed by atoms with Gasteiger partial charge in [-0.1, -0.05) is 33.6 Å². The van der Waals surface area contributed by atoms with Crippen molar-refractivity contribution >= 4 is 32.6 Å². The Morgan fingerprint density at radius 2 is 1.77 bits per heavy atom. The number of carbonyl (C=O) groups is 1. The van der Waals surface area contributed by atoms with Gasteiger partial charge in [-0.25, -0.2) is 0 Å². The average molecular weight is 438 g/mol. The monoisotopic (exact) mass is 437 g/mol. The Morgan fingerprint density at radius 1 is 1.08 bits per heavy atom. The molecule has 2 rings (SSSR count). The minimum Gasteiger partial charge on any atom is -0.494 e. The number of carbonyl (C=O) groups excluding carboxylic acids is 1. The van der Waals surface area contributed by atoms with Crippen LogP contribution in [0, 0.1) is 6.92 Å². The van der Waals surface area contributed by atoms with Gasteiger partial charge in [0.1, 0.15) is 5.75 Å². The molecule has 0 aliphatic rings. The molecular formula is C20H24BrNO3S. The van der Waals surface area contributed by atoms with Gasteiger partial charge in [-0.15, -0.1) is 0 Å². The molecule has 0 spiro atoms. The summed E-state index contributed by atoms with van der Waals surface area (Å²) in [5.41, 5.74) is 1.20. The van der Waals surface area contributed by atoms with Crippen LogP contribution in [-0.2, 0) is 15.6 Å². The van der Waals surface area contributed by atoms with Crippen LogP contribution in [0.15, 0.2) is 57.9 Å². The van der Waals surface area contributed by atoms with Crippen molar-refractivity contribution in [2.24, 2.45) is 0 Å². The van der Waals surface area contributed by atoms with Crippen molar-refractivity contribution in [1.29, 1.82) is 0 Å². The van der Waals surface area contributed by atoms with Crippen LogP contribution in [0.3, 0.4) is 0 Å². The number of hydrogen-bond donors (Lipinski definition) is 1. The highest BCUT2D eigenvalue weighted by Gasteiger charge is 2.06. The highest BCUT2D eigenvalue weighted by molar-refractivity contribution is 9.10. The normalized spacial score (nSPS) is 11.8. The second-order valence-corrected chi connectivity index (χ2v) is 8.46. The van der Waals surface area contributed by atoms with E-state index in [4.69, 9.17) is 4.74 Å². The topological polar surface area (TPSA) is 55.4 Å². The maximum absolute atomic E-state index is 12.1. The third-order valence-electron chi connectivity index (χ3n) is 3.74. The molecular weight excluding hydrogens is 414 g/mol. The molecule has 0 saturated carbocycles. The van der Waals surface area contributed by atoms with Gasteiger partial charge < -0.3 is 10.1 Å². The van der Waals surface area contributed by atoms with Crippen molar-refractivity contribution in [2.45, 2.75) is 31.1 Å². The van der Waals surface area contributed by atoms with Crippen molar-refractivity contribution < 1.29 is 13.7 Å². The van der Waals surface area contributed by atoms with Crippen molar-refractivity contribution in [3.8, 4) is 5.75 Å². The van der Waals surface area contributed by atoms with Gasteiger partial charge >= 0.3 is 0 Å². The molecule has 2 aromatic carbocycles. The molecule has 140 valence electrons. The minimum absolute atomic E-state index is 0.00635. The van der Waals surface area contributed by atoms with Gasteiger partial charge in [0.15, 0.2) is 0 Å². The highest BCUT2D eigenvalue weighted by atomic mass is 79.9. The van der Waals surface area contributed by atoms with Crippen molar-refractivity contribution in [2.75, 3.05) is 18.9 Å². The number of aryl methyl sites for hydroxylation is 1. The largest absolute Gasteiger partial charge is 0.494 e. The van der Waals surface area contributed by atoms with Crippen LogP contribution in [0.4, 0.5) is 0 Å². The Hall–Kier alpha value is -1.66. The first kappa shape index (κ1) is 20.6. The van der Waals surface area contributed by atoms with Crippen LogP contribution in [0.5, 0.6) is 5.75 Å². The molecule has 2 aromatic rings. The zero-order valence-corrected chi connectivity index (χ0v) is 17.3. The van der Waals surface area contributed by atoms with E-state index in [1.165, 1.54) is 5.56 Å². The van der Waals surface area contributed by atoms with E-state index >= 15 is 0 Å². The van der Waals surface area contributed by atoms with Crippen molar-refractivity contribution in [1.82, 2.24) is 5.32 Å². The predicted octanol–water partition coefficient (Wildman–Crippen LogP) is 4.23. The van der Waals surface area contributed by atoms with Crippen molar-refractivity contribution in [3.63, 3.8) is 0 Å². The van der Waals surface area contributed by atoms with Crippen LogP contribution in [0.25, 0.3) is 0 Å². The number of rotatable bonds is 10. The number of halogens is 1. The van der Waals surface area contributed by atoms with Gasteiger partial charge in [0.2, 0.25) is 5.91 Å². The van der Waals surface area contributed by atoms with E-state index in [1.807, 2.05) is 55.5 Å². The summed E-state index contributed by atoms with van der Waals surface area (Å²) in [6.07, 6.45) is 1.75. The Balaban J connectivity index is 1.54. The van der Waals surface area contributed by atoms with Gasteiger partial charge in [-0.3, -0.25) is 9.00 Å². The molecule has 6 heteroatoms. The lowest BCUT2D eigenvalue weighted by Crippen LogP contribution is -2.25. The van der Waals surface area contributed by atoms with E-state index in [0.29, 0.717) is 31.7 Å². The van der Waals surface area contributed by atoms with Crippen LogP contribution >= 0.6 is 15.9 Å². The van der Waals surface area contributed by atoms with E-state index < -0.39 is 10.8 Å². The summed E-state index contributed by atoms with van der Waals surface area (Å²) in [7, 11) is -1.06. The molecule has 0 aliphatic heterocycles. The average Bonchev–Trinajstić information content (AvgIpc) is 2.63. The Kier molecular flexibility index (Phi) is 8.85. The lowest BCUT2D eigenvalue weighted by Gasteiger charge is -2.08. The fourth-order valence-corrected chi connectivity index (χ4v) is 3.63. The second-order valence-electron chi connectivity index (χ2n) is 5.97. The SMILES string of the molecule is Cc1ccc(OCCCNC(=O)CCCS(=O)c2ccc(Br)cc2)cc1. The molecule has 0 aromatic heterocycles. The maximum Gasteiger partial charge on any atom is 0.220 e. The number of hydrogen-bond acceptors (Lipinski definition) is 3. The molecule has 1 atom stereocenters. The summed E-state index contributed by atoms with van der Waals surface area (Å²) in [6.45, 7) is 3.19. The van der Waals surface area contributed by atoms with Crippen molar-refractivity contribution in [3.05, 3.63) is 58.6 Å². The Morgan fingerprint density at radius 3 is 2.46 bits per heavy atom. The molecule has 0 radical (unpaired) electrons. The molecule has 0 bridgehead atoms. The number of ether oxygens (including phenoxy) is 1. The number of amides is 1. The predicted molar refractivity (Wildman–Crippen MR) is 109 cm³/mol. The third-order valence-corrected chi connectivity index (χ3v) is 5.73. The fourth-order valence-electron chi connectivity index (χ4n) is 2.28. The van der Waals surface area contributed by atoms with Crippen LogP contribution in [0.2, 0.25) is 0 Å². The molecule has 1 N–H and O–H groups in total. The summed E-state index contributed by atoms with van der Waals surface area (Å²) in [6, 6.07) is 15.3. The molecule has 0 saturated heterocycles. The molecule has 0 aliphatic carbocycles. The maximum atomic E-state index is 12.1. The van der Waals surface area contributed by atoms with Crippen LogP contribution in [0.1, 0.15) is 24.8 Å². The summed E-state index contributed by atoms with van der Waals surface area (Å²) < 4.78 is 18.7. The molecule has 26 heavy (non-hydrogen) atoms. The van der Waals surface area contributed by atoms with Gasteiger partial charge in [-0.2, -0.15) is 0 Å². The lowest BCUT2D eigenvalue weighted by atomic mass is 10.2. The van der Waals surface area contributed by atoms with Crippen LogP contribution < -0.4 is 10.1 Å². The number of nitrogens with one attached hydrogen (secondary N) is 1. The third kappa shape index (κ3) is 7.70. The summed E-state index contributed by atoms with van der Waals surface area (Å²) in [5, 5.41) is 2.87. The molecule has 4 nitrogen and oxygen atoms in total. The van der Waals surface area contributed by atoms with Gasteiger partial charge in [-0.05, 0) is 56.2 Å². The first-order chi connectivity index (χ1) is 12.5. The quantitative estimate of drug-likeness (QED) is 0.565. The molecule has 1 amide bonds. The van der Waals surface area contributed by atoms with Gasteiger partial charge in [0, 0.05) is 28.1 Å². The zero-order chi connectivity index (χ0) is 18.8. The van der Waals surface area contributed by atoms with E-state index in [-0.39, 0.29) is 5.91 Å². The molecule has 1 unspecified atom stereocenters. The van der Waals surface area contributed by atoms with E-state index in [0.717, 1.165) is 21.5 Å². The number of benzene rings is 2. The van der Waals surface area contributed by atoms with Crippen LogP contribution in [-0.4, -0.2) is 29.0 Å². The van der Waals surface area contributed by atoms with Gasteiger partial charge in [0.05, 0.1) is 17.4 Å². The smallest absolute Gasteiger partial charge is 0.220 e. The summed E-state index contributed by atoms with van der Waals surface area (Å²) in [4.78, 5) is 12.6. The Bertz CT molecular complexity index is 717. The lowest BCUT2D eigenvalue weighted by molar-refractivity contribution is -0.121. The first-order valence-corrected chi connectivity index (χ1v) is 10.8. The zero-order valence-electron chi connectivity index (χ0n) is 14.9. The Labute approximate surface area is 165 Å². The summed E-state index contributed by atoms with van der Waals surface area (Å²) in [5.74, 6) is 1.33. The standard InChI is InChI=1S/C20H24BrNO3S/c1-16-5-9-18(10-6-16)25-14-3-13-22-20(23)4-2-15-26(24)19-11-7-17(21)8-12-19/h5-12H,2-4,13-15H2,1H3,(H,22,23). The van der Waals surface area contributed by atoms with E-state index in [2.05, 4.69) is 21.2 Å². The molecule has 0 fully saturated rings. The second kappa shape index (κ2) is 11.1. The summed E-state index contributed by atoms with van der Waals surface area (Å²) >= 11 is 3.36.